The summed E-state index contributed by atoms with van der Waals surface area (Å²) in [5, 5.41) is 13.9. The molecule has 0 aliphatic carbocycles. The van der Waals surface area contributed by atoms with Crippen molar-refractivity contribution in [1.29, 1.82) is 0 Å². The second-order valence-corrected chi connectivity index (χ2v) is 6.35. The summed E-state index contributed by atoms with van der Waals surface area (Å²) in [5.41, 5.74) is -0.580. The first-order chi connectivity index (χ1) is 10.6. The first-order valence-corrected chi connectivity index (χ1v) is 6.96. The Hall–Kier alpha value is -1.71. The maximum absolute atomic E-state index is 13.3. The van der Waals surface area contributed by atoms with Crippen molar-refractivity contribution in [3.63, 3.8) is 0 Å². The summed E-state index contributed by atoms with van der Waals surface area (Å²) in [6.07, 6.45) is -5.97. The lowest BCUT2D eigenvalue weighted by atomic mass is 9.97. The van der Waals surface area contributed by atoms with Crippen molar-refractivity contribution in [1.82, 2.24) is 5.32 Å². The Balaban J connectivity index is 2.00. The summed E-state index contributed by atoms with van der Waals surface area (Å²) in [6, 6.07) is 4.64. The average molecular weight is 332 g/mol. The summed E-state index contributed by atoms with van der Waals surface area (Å²) >= 11 is 0. The van der Waals surface area contributed by atoms with Gasteiger partial charge in [0.2, 0.25) is 0 Å². The summed E-state index contributed by atoms with van der Waals surface area (Å²) in [4.78, 5) is 10.3. The molecular formula is C14H15F3N2O4. The van der Waals surface area contributed by atoms with Crippen LogP contribution in [0.4, 0.5) is 18.9 Å². The minimum absolute atomic E-state index is 0.189. The Bertz CT molecular complexity index is 649. The number of nitrogens with one attached hydrogen (secondary N) is 1. The lowest BCUT2D eigenvalue weighted by Gasteiger charge is -2.29. The molecule has 2 aliphatic rings. The Morgan fingerprint density at radius 1 is 1.39 bits per heavy atom. The van der Waals surface area contributed by atoms with E-state index >= 15 is 0 Å². The van der Waals surface area contributed by atoms with Gasteiger partial charge in [0.05, 0.1) is 17.6 Å². The monoisotopic (exact) mass is 332 g/mol. The Kier molecular flexibility index (Phi) is 3.44. The number of epoxide rings is 1. The van der Waals surface area contributed by atoms with E-state index in [1.807, 2.05) is 0 Å². The second-order valence-electron chi connectivity index (χ2n) is 6.35. The smallest absolute Gasteiger partial charge is 0.339 e. The number of hydrogen-bond donors (Lipinski definition) is 1. The SMILES string of the molecule is CC1(C)CO[C@@]2(C(F)(F)F)O[C@H]2[C@@H](c2cccc([N+](=O)[O-])c2)N1. The number of non-ortho nitro benzene ring substituents is 1. The van der Waals surface area contributed by atoms with E-state index in [4.69, 9.17) is 9.47 Å². The largest absolute Gasteiger partial charge is 0.446 e. The zero-order valence-corrected chi connectivity index (χ0v) is 12.4. The first kappa shape index (κ1) is 16.2. The summed E-state index contributed by atoms with van der Waals surface area (Å²) < 4.78 is 49.9. The van der Waals surface area contributed by atoms with E-state index in [0.717, 1.165) is 0 Å². The van der Waals surface area contributed by atoms with Crippen molar-refractivity contribution in [3.05, 3.63) is 39.9 Å². The van der Waals surface area contributed by atoms with Crippen LogP contribution in [0.1, 0.15) is 25.5 Å². The van der Waals surface area contributed by atoms with Crippen molar-refractivity contribution in [2.45, 2.75) is 43.5 Å². The molecule has 0 aromatic heterocycles. The van der Waals surface area contributed by atoms with Crippen LogP contribution in [0.15, 0.2) is 24.3 Å². The molecule has 6 nitrogen and oxygen atoms in total. The van der Waals surface area contributed by atoms with Crippen LogP contribution in [0, 0.1) is 10.1 Å². The van der Waals surface area contributed by atoms with Crippen LogP contribution in [0.2, 0.25) is 0 Å². The number of alkyl halides is 3. The molecule has 9 heteroatoms. The molecule has 1 aromatic carbocycles. The van der Waals surface area contributed by atoms with Gasteiger partial charge in [0.25, 0.3) is 11.5 Å². The highest BCUT2D eigenvalue weighted by molar-refractivity contribution is 5.37. The topological polar surface area (TPSA) is 76.9 Å². The van der Waals surface area contributed by atoms with Crippen molar-refractivity contribution in [2.75, 3.05) is 6.61 Å². The molecule has 126 valence electrons. The van der Waals surface area contributed by atoms with E-state index in [-0.39, 0.29) is 12.3 Å². The molecule has 0 spiro atoms. The number of nitro benzene ring substituents is 1. The number of nitro groups is 1. The quantitative estimate of drug-likeness (QED) is 0.512. The number of fused-ring (bicyclic) bond motifs is 1. The highest BCUT2D eigenvalue weighted by Crippen LogP contribution is 2.56. The molecule has 2 aliphatic heterocycles. The molecule has 1 aromatic rings. The molecule has 3 rings (SSSR count). The molecule has 2 fully saturated rings. The lowest BCUT2D eigenvalue weighted by molar-refractivity contribution is -0.384. The average Bonchev–Trinajstić information content (AvgIpc) is 3.19. The fourth-order valence-corrected chi connectivity index (χ4v) is 2.78. The maximum Gasteiger partial charge on any atom is 0.446 e. The molecule has 23 heavy (non-hydrogen) atoms. The van der Waals surface area contributed by atoms with Gasteiger partial charge in [-0.05, 0) is 19.4 Å². The van der Waals surface area contributed by atoms with Crippen molar-refractivity contribution >= 4 is 5.69 Å². The standard InChI is InChI=1S/C14H15F3N2O4/c1-12(2)7-22-13(14(15,16)17)11(23-13)10(18-12)8-4-3-5-9(6-8)19(20)21/h3-6,10-11,18H,7H2,1-2H3/t10-,11+,13-/m1/s1. The highest BCUT2D eigenvalue weighted by atomic mass is 19.4. The molecular weight excluding hydrogens is 317 g/mol. The van der Waals surface area contributed by atoms with Gasteiger partial charge in [0.1, 0.15) is 6.10 Å². The van der Waals surface area contributed by atoms with Gasteiger partial charge in [-0.3, -0.25) is 10.1 Å². The summed E-state index contributed by atoms with van der Waals surface area (Å²) in [7, 11) is 0. The third-order valence-corrected chi connectivity index (χ3v) is 3.95. The minimum Gasteiger partial charge on any atom is -0.339 e. The number of rotatable bonds is 2. The molecule has 0 bridgehead atoms. The summed E-state index contributed by atoms with van der Waals surface area (Å²) in [6.45, 7) is 3.20. The second kappa shape index (κ2) is 4.89. The van der Waals surface area contributed by atoms with E-state index in [9.17, 15) is 23.3 Å². The lowest BCUT2D eigenvalue weighted by Crippen LogP contribution is -2.45. The Morgan fingerprint density at radius 3 is 2.70 bits per heavy atom. The highest BCUT2D eigenvalue weighted by Gasteiger charge is 2.78. The molecule has 3 atom stereocenters. The van der Waals surface area contributed by atoms with Gasteiger partial charge >= 0.3 is 6.18 Å². The molecule has 0 amide bonds. The number of nitrogens with zero attached hydrogens (tertiary/aromatic N) is 1. The van der Waals surface area contributed by atoms with Crippen LogP contribution in [-0.4, -0.2) is 35.1 Å². The fraction of sp³-hybridized carbons (Fsp3) is 0.571. The maximum atomic E-state index is 13.3. The fourth-order valence-electron chi connectivity index (χ4n) is 2.78. The van der Waals surface area contributed by atoms with E-state index in [1.165, 1.54) is 24.3 Å². The third kappa shape index (κ3) is 2.68. The number of hydrogen-bond acceptors (Lipinski definition) is 5. The van der Waals surface area contributed by atoms with Gasteiger partial charge in [-0.2, -0.15) is 13.2 Å². The molecule has 0 radical (unpaired) electrons. The number of halogens is 3. The van der Waals surface area contributed by atoms with Gasteiger partial charge < -0.3 is 14.8 Å². The molecule has 0 saturated carbocycles. The predicted octanol–water partition coefficient (Wildman–Crippen LogP) is 2.69. The van der Waals surface area contributed by atoms with Crippen LogP contribution in [-0.2, 0) is 9.47 Å². The van der Waals surface area contributed by atoms with Crippen LogP contribution in [0.3, 0.4) is 0 Å². The third-order valence-electron chi connectivity index (χ3n) is 3.95. The molecule has 1 N–H and O–H groups in total. The van der Waals surface area contributed by atoms with Crippen molar-refractivity contribution in [2.24, 2.45) is 0 Å². The van der Waals surface area contributed by atoms with Crippen molar-refractivity contribution < 1.29 is 27.6 Å². The van der Waals surface area contributed by atoms with Crippen molar-refractivity contribution in [3.8, 4) is 0 Å². The van der Waals surface area contributed by atoms with Gasteiger partial charge in [-0.1, -0.05) is 12.1 Å². The molecule has 2 saturated heterocycles. The number of ether oxygens (including phenoxy) is 2. The van der Waals surface area contributed by atoms with Gasteiger partial charge in [-0.15, -0.1) is 0 Å². The number of benzene rings is 1. The van der Waals surface area contributed by atoms with Gasteiger partial charge in [0.15, 0.2) is 0 Å². The van der Waals surface area contributed by atoms with Gasteiger partial charge in [0, 0.05) is 17.7 Å². The zero-order chi connectivity index (χ0) is 17.0. The zero-order valence-electron chi connectivity index (χ0n) is 12.4. The molecule has 0 unspecified atom stereocenters. The van der Waals surface area contributed by atoms with Crippen LogP contribution in [0.25, 0.3) is 0 Å². The van der Waals surface area contributed by atoms with E-state index in [1.54, 1.807) is 13.8 Å². The summed E-state index contributed by atoms with van der Waals surface area (Å²) in [5.74, 6) is -2.65. The Labute approximate surface area is 129 Å². The predicted molar refractivity (Wildman–Crippen MR) is 72.7 cm³/mol. The van der Waals surface area contributed by atoms with E-state index in [0.29, 0.717) is 5.56 Å². The van der Waals surface area contributed by atoms with E-state index < -0.39 is 34.6 Å². The normalized spacial score (nSPS) is 32.7. The molecule has 2 heterocycles. The van der Waals surface area contributed by atoms with E-state index in [2.05, 4.69) is 5.32 Å². The first-order valence-electron chi connectivity index (χ1n) is 6.96. The van der Waals surface area contributed by atoms with Gasteiger partial charge in [-0.25, -0.2) is 0 Å². The Morgan fingerprint density at radius 2 is 2.09 bits per heavy atom. The van der Waals surface area contributed by atoms with Crippen LogP contribution in [0.5, 0.6) is 0 Å². The van der Waals surface area contributed by atoms with Crippen LogP contribution >= 0.6 is 0 Å². The van der Waals surface area contributed by atoms with Crippen LogP contribution < -0.4 is 5.32 Å². The minimum atomic E-state index is -4.68.